The Bertz CT molecular complexity index is 707. The molecule has 1 saturated heterocycles. The van der Waals surface area contributed by atoms with E-state index in [-0.39, 0.29) is 0 Å². The summed E-state index contributed by atoms with van der Waals surface area (Å²) in [4.78, 5) is 4.89. The Kier molecular flexibility index (Phi) is 4.06. The van der Waals surface area contributed by atoms with Gasteiger partial charge >= 0.3 is 0 Å². The fourth-order valence-corrected chi connectivity index (χ4v) is 3.58. The maximum Gasteiger partial charge on any atom is 0.231 e. The van der Waals surface area contributed by atoms with Gasteiger partial charge in [0.25, 0.3) is 0 Å². The lowest BCUT2D eigenvalue weighted by Crippen LogP contribution is -2.43. The van der Waals surface area contributed by atoms with E-state index in [1.165, 1.54) is 29.8 Å². The van der Waals surface area contributed by atoms with Crippen molar-refractivity contribution >= 4 is 5.69 Å². The number of aryl methyl sites for hydroxylation is 1. The number of piperidine rings is 1. The number of nitrogens with zero attached hydrogens (tertiary/aromatic N) is 3. The van der Waals surface area contributed by atoms with Crippen molar-refractivity contribution in [1.29, 1.82) is 0 Å². The van der Waals surface area contributed by atoms with E-state index in [9.17, 15) is 0 Å². The van der Waals surface area contributed by atoms with Gasteiger partial charge in [0, 0.05) is 48.7 Å². The summed E-state index contributed by atoms with van der Waals surface area (Å²) in [6.45, 7) is 5.51. The second-order valence-corrected chi connectivity index (χ2v) is 6.69. The van der Waals surface area contributed by atoms with Crippen molar-refractivity contribution in [2.75, 3.05) is 31.8 Å². The molecular weight excluding hydrogens is 304 g/mol. The smallest absolute Gasteiger partial charge is 0.231 e. The quantitative estimate of drug-likeness (QED) is 0.935. The topological polar surface area (TPSA) is 53.6 Å². The van der Waals surface area contributed by atoms with Crippen molar-refractivity contribution in [1.82, 2.24) is 15.1 Å². The van der Waals surface area contributed by atoms with E-state index in [1.54, 1.807) is 0 Å². The van der Waals surface area contributed by atoms with Gasteiger partial charge < -0.3 is 14.4 Å². The first-order chi connectivity index (χ1) is 11.7. The zero-order valence-corrected chi connectivity index (χ0v) is 14.3. The molecule has 0 aliphatic carbocycles. The maximum atomic E-state index is 5.49. The summed E-state index contributed by atoms with van der Waals surface area (Å²) in [6.07, 6.45) is 4.28. The van der Waals surface area contributed by atoms with Crippen LogP contribution in [-0.4, -0.2) is 48.1 Å². The number of aromatic nitrogens is 2. The fraction of sp³-hybridized carbons (Fsp3) is 0.500. The number of hydrogen-bond donors (Lipinski definition) is 1. The number of aromatic amines is 1. The first kappa shape index (κ1) is 15.3. The molecule has 0 amide bonds. The summed E-state index contributed by atoms with van der Waals surface area (Å²) in [5, 5.41) is 7.14. The molecule has 0 atom stereocenters. The molecule has 2 aliphatic heterocycles. The molecular formula is C18H24N4O2. The SMILES string of the molecule is Cc1[nH]ncc1CN(C)C1CCN(c2ccc3c(c2)OCO3)CC1. The molecule has 6 heteroatoms. The largest absolute Gasteiger partial charge is 0.454 e. The number of nitrogens with one attached hydrogen (secondary N) is 1. The zero-order valence-electron chi connectivity index (χ0n) is 14.3. The monoisotopic (exact) mass is 328 g/mol. The van der Waals surface area contributed by atoms with Crippen LogP contribution in [0.4, 0.5) is 5.69 Å². The van der Waals surface area contributed by atoms with Crippen LogP contribution in [0.25, 0.3) is 0 Å². The summed E-state index contributed by atoms with van der Waals surface area (Å²) in [6, 6.07) is 6.86. The van der Waals surface area contributed by atoms with E-state index in [2.05, 4.69) is 46.1 Å². The van der Waals surface area contributed by atoms with Crippen LogP contribution in [0.3, 0.4) is 0 Å². The molecule has 128 valence electrons. The van der Waals surface area contributed by atoms with Crippen molar-refractivity contribution in [3.05, 3.63) is 35.7 Å². The van der Waals surface area contributed by atoms with Gasteiger partial charge in [-0.05, 0) is 38.9 Å². The van der Waals surface area contributed by atoms with Crippen LogP contribution in [-0.2, 0) is 6.54 Å². The third-order valence-corrected chi connectivity index (χ3v) is 5.16. The van der Waals surface area contributed by atoms with E-state index >= 15 is 0 Å². The predicted molar refractivity (Wildman–Crippen MR) is 92.6 cm³/mol. The summed E-state index contributed by atoms with van der Waals surface area (Å²) in [5.74, 6) is 1.71. The van der Waals surface area contributed by atoms with E-state index < -0.39 is 0 Å². The van der Waals surface area contributed by atoms with Crippen LogP contribution < -0.4 is 14.4 Å². The lowest BCUT2D eigenvalue weighted by atomic mass is 10.0. The van der Waals surface area contributed by atoms with Crippen molar-refractivity contribution in [2.24, 2.45) is 0 Å². The molecule has 0 spiro atoms. The van der Waals surface area contributed by atoms with Gasteiger partial charge in [-0.15, -0.1) is 0 Å². The van der Waals surface area contributed by atoms with E-state index in [0.717, 1.165) is 31.1 Å². The number of ether oxygens (including phenoxy) is 2. The summed E-state index contributed by atoms with van der Waals surface area (Å²) < 4.78 is 10.9. The van der Waals surface area contributed by atoms with Crippen molar-refractivity contribution < 1.29 is 9.47 Å². The van der Waals surface area contributed by atoms with Crippen LogP contribution in [0.5, 0.6) is 11.5 Å². The molecule has 6 nitrogen and oxygen atoms in total. The van der Waals surface area contributed by atoms with Crippen LogP contribution in [0.1, 0.15) is 24.1 Å². The third-order valence-electron chi connectivity index (χ3n) is 5.16. The highest BCUT2D eigenvalue weighted by Crippen LogP contribution is 2.36. The molecule has 2 aliphatic rings. The molecule has 3 heterocycles. The van der Waals surface area contributed by atoms with Gasteiger partial charge in [0.15, 0.2) is 11.5 Å². The molecule has 1 fully saturated rings. The average Bonchev–Trinajstić information content (AvgIpc) is 3.23. The van der Waals surface area contributed by atoms with Crippen molar-refractivity contribution in [3.8, 4) is 11.5 Å². The number of fused-ring (bicyclic) bond motifs is 1. The number of hydrogen-bond acceptors (Lipinski definition) is 5. The second kappa shape index (κ2) is 6.36. The Morgan fingerprint density at radius 3 is 2.79 bits per heavy atom. The average molecular weight is 328 g/mol. The first-order valence-electron chi connectivity index (χ1n) is 8.54. The Balaban J connectivity index is 1.35. The molecule has 2 aromatic rings. The molecule has 24 heavy (non-hydrogen) atoms. The summed E-state index contributed by atoms with van der Waals surface area (Å²) >= 11 is 0. The Morgan fingerprint density at radius 1 is 1.25 bits per heavy atom. The number of rotatable bonds is 4. The minimum atomic E-state index is 0.332. The van der Waals surface area contributed by atoms with Crippen molar-refractivity contribution in [3.63, 3.8) is 0 Å². The molecule has 1 aromatic carbocycles. The fourth-order valence-electron chi connectivity index (χ4n) is 3.58. The van der Waals surface area contributed by atoms with Gasteiger partial charge in [-0.25, -0.2) is 0 Å². The van der Waals surface area contributed by atoms with Crippen LogP contribution in [0.2, 0.25) is 0 Å². The Labute approximate surface area is 142 Å². The molecule has 0 saturated carbocycles. The van der Waals surface area contributed by atoms with Crippen LogP contribution in [0.15, 0.2) is 24.4 Å². The highest BCUT2D eigenvalue weighted by atomic mass is 16.7. The minimum absolute atomic E-state index is 0.332. The molecule has 0 unspecified atom stereocenters. The predicted octanol–water partition coefficient (Wildman–Crippen LogP) is 2.55. The van der Waals surface area contributed by atoms with Crippen LogP contribution >= 0.6 is 0 Å². The van der Waals surface area contributed by atoms with E-state index in [4.69, 9.17) is 9.47 Å². The van der Waals surface area contributed by atoms with E-state index in [1.807, 2.05) is 12.3 Å². The Hall–Kier alpha value is -2.21. The third kappa shape index (κ3) is 2.94. The van der Waals surface area contributed by atoms with Gasteiger partial charge in [-0.1, -0.05) is 0 Å². The van der Waals surface area contributed by atoms with Gasteiger partial charge in [-0.3, -0.25) is 10.00 Å². The number of anilines is 1. The summed E-state index contributed by atoms with van der Waals surface area (Å²) in [7, 11) is 2.22. The van der Waals surface area contributed by atoms with Crippen LogP contribution in [0, 0.1) is 6.92 Å². The second-order valence-electron chi connectivity index (χ2n) is 6.69. The lowest BCUT2D eigenvalue weighted by molar-refractivity contribution is 0.174. The van der Waals surface area contributed by atoms with E-state index in [0.29, 0.717) is 12.8 Å². The Morgan fingerprint density at radius 2 is 2.04 bits per heavy atom. The van der Waals surface area contributed by atoms with Crippen molar-refractivity contribution in [2.45, 2.75) is 32.4 Å². The highest BCUT2D eigenvalue weighted by Gasteiger charge is 2.24. The standard InChI is InChI=1S/C18H24N4O2/c1-13-14(10-19-20-13)11-21(2)15-5-7-22(8-6-15)16-3-4-17-18(9-16)24-12-23-17/h3-4,9-10,15H,5-8,11-12H2,1-2H3,(H,19,20). The number of H-pyrrole nitrogens is 1. The van der Waals surface area contributed by atoms with Gasteiger partial charge in [0.05, 0.1) is 6.20 Å². The summed E-state index contributed by atoms with van der Waals surface area (Å²) in [5.41, 5.74) is 3.68. The molecule has 4 rings (SSSR count). The number of benzene rings is 1. The highest BCUT2D eigenvalue weighted by molar-refractivity contribution is 5.57. The van der Waals surface area contributed by atoms with Gasteiger partial charge in [0.1, 0.15) is 0 Å². The maximum absolute atomic E-state index is 5.49. The zero-order chi connectivity index (χ0) is 16.5. The molecule has 1 N–H and O–H groups in total. The molecule has 0 radical (unpaired) electrons. The lowest BCUT2D eigenvalue weighted by Gasteiger charge is -2.38. The molecule has 1 aromatic heterocycles. The minimum Gasteiger partial charge on any atom is -0.454 e. The first-order valence-corrected chi connectivity index (χ1v) is 8.54. The normalized spacial score (nSPS) is 17.7. The van der Waals surface area contributed by atoms with Gasteiger partial charge in [0.2, 0.25) is 6.79 Å². The van der Waals surface area contributed by atoms with Gasteiger partial charge in [-0.2, -0.15) is 5.10 Å². The molecule has 0 bridgehead atoms.